The lowest BCUT2D eigenvalue weighted by molar-refractivity contribution is -0.00626. The van der Waals surface area contributed by atoms with E-state index in [-0.39, 0.29) is 16.6 Å². The molecule has 0 aliphatic heterocycles. The van der Waals surface area contributed by atoms with Crippen LogP contribution in [-0.4, -0.2) is 31.5 Å². The minimum Gasteiger partial charge on any atom is -0.354 e. The Labute approximate surface area is 231 Å². The van der Waals surface area contributed by atoms with Gasteiger partial charge in [0.2, 0.25) is 16.0 Å². The fourth-order valence-corrected chi connectivity index (χ4v) is 6.02. The Bertz CT molecular complexity index is 1510. The van der Waals surface area contributed by atoms with Crippen LogP contribution >= 0.6 is 11.6 Å². The number of para-hydroxylation sites is 1. The summed E-state index contributed by atoms with van der Waals surface area (Å²) in [7, 11) is -3.66. The van der Waals surface area contributed by atoms with Gasteiger partial charge in [-0.1, -0.05) is 23.7 Å². The van der Waals surface area contributed by atoms with Crippen molar-refractivity contribution in [3.8, 4) is 5.75 Å². The molecule has 39 heavy (non-hydrogen) atoms. The van der Waals surface area contributed by atoms with Gasteiger partial charge in [-0.25, -0.2) is 18.1 Å². The van der Waals surface area contributed by atoms with Crippen molar-refractivity contribution >= 4 is 50.0 Å². The van der Waals surface area contributed by atoms with Gasteiger partial charge >= 0.3 is 0 Å². The van der Waals surface area contributed by atoms with E-state index < -0.39 is 10.0 Å². The van der Waals surface area contributed by atoms with Crippen molar-refractivity contribution in [1.29, 1.82) is 0 Å². The van der Waals surface area contributed by atoms with Crippen LogP contribution in [0.1, 0.15) is 25.7 Å². The van der Waals surface area contributed by atoms with Gasteiger partial charge in [-0.3, -0.25) is 4.94 Å². The number of nitrogens with zero attached hydrogens (tertiary/aromatic N) is 2. The Morgan fingerprint density at radius 1 is 0.872 bits per heavy atom. The molecule has 0 saturated heterocycles. The third kappa shape index (κ3) is 6.95. The Morgan fingerprint density at radius 3 is 2.23 bits per heavy atom. The molecule has 3 N–H and O–H groups in total. The summed E-state index contributed by atoms with van der Waals surface area (Å²) >= 11 is 6.02. The second kappa shape index (κ2) is 12.1. The van der Waals surface area contributed by atoms with E-state index in [9.17, 15) is 12.9 Å². The van der Waals surface area contributed by atoms with Crippen LogP contribution < -0.4 is 20.3 Å². The average Bonchev–Trinajstić information content (AvgIpc) is 2.97. The van der Waals surface area contributed by atoms with Gasteiger partial charge in [0, 0.05) is 33.7 Å². The molecule has 4 aromatic rings. The van der Waals surface area contributed by atoms with E-state index in [0.29, 0.717) is 29.3 Å². The van der Waals surface area contributed by atoms with Crippen LogP contribution in [0.15, 0.2) is 77.7 Å². The molecule has 0 bridgehead atoms. The molecule has 0 amide bonds. The molecular weight excluding hydrogens is 541 g/mol. The van der Waals surface area contributed by atoms with E-state index in [1.54, 1.807) is 0 Å². The fourth-order valence-electron chi connectivity index (χ4n) is 4.78. The quantitative estimate of drug-likeness (QED) is 0.200. The first-order chi connectivity index (χ1) is 18.9. The Balaban J connectivity index is 1.15. The summed E-state index contributed by atoms with van der Waals surface area (Å²) in [4.78, 5) is 13.1. The maximum absolute atomic E-state index is 12.6. The standard InChI is InChI=1S/C28H29ClFN5O3S/c29-21-9-11-22(12-10-21)33-27-25-3-1-2-4-26(25)34-28(35-27)31-17-19-5-7-20(8-6-19)18-32-39(36,37)24-15-13-23(38-30)14-16-24/h1-4,9-16,19-20,32H,5-8,17-18H2,(H2,31,33,34,35)/t19-,20-. The SMILES string of the molecule is O=S(=O)(NC[C@H]1CC[C@H](CNc2nc(Nc3ccc(Cl)cc3)c3ccccc3n2)CC1)c1ccc(OF)cc1. The van der Waals surface area contributed by atoms with Crippen molar-refractivity contribution in [3.05, 3.63) is 77.8 Å². The molecule has 8 nitrogen and oxygen atoms in total. The van der Waals surface area contributed by atoms with Crippen molar-refractivity contribution in [2.45, 2.75) is 30.6 Å². The first-order valence-corrected chi connectivity index (χ1v) is 14.7. The number of sulfonamides is 1. The number of halogens is 2. The van der Waals surface area contributed by atoms with E-state index in [4.69, 9.17) is 21.6 Å². The third-order valence-electron chi connectivity index (χ3n) is 7.01. The van der Waals surface area contributed by atoms with E-state index in [1.165, 1.54) is 24.3 Å². The first-order valence-electron chi connectivity index (χ1n) is 12.8. The average molecular weight is 570 g/mol. The van der Waals surface area contributed by atoms with Gasteiger partial charge in [-0.05, 0) is 98.2 Å². The van der Waals surface area contributed by atoms with Gasteiger partial charge in [0.1, 0.15) is 5.82 Å². The van der Waals surface area contributed by atoms with Crippen LogP contribution in [0.2, 0.25) is 5.02 Å². The zero-order valence-electron chi connectivity index (χ0n) is 21.1. The molecule has 1 fully saturated rings. The highest BCUT2D eigenvalue weighted by atomic mass is 35.5. The molecule has 204 valence electrons. The van der Waals surface area contributed by atoms with E-state index >= 15 is 0 Å². The van der Waals surface area contributed by atoms with Gasteiger partial charge in [0.05, 0.1) is 10.4 Å². The van der Waals surface area contributed by atoms with Crippen LogP contribution in [0, 0.1) is 11.8 Å². The predicted molar refractivity (Wildman–Crippen MR) is 152 cm³/mol. The molecule has 3 aromatic carbocycles. The minimum atomic E-state index is -3.66. The van der Waals surface area contributed by atoms with Crippen molar-refractivity contribution in [2.24, 2.45) is 11.8 Å². The molecule has 1 aromatic heterocycles. The van der Waals surface area contributed by atoms with Crippen LogP contribution in [0.5, 0.6) is 5.75 Å². The Kier molecular flexibility index (Phi) is 8.44. The largest absolute Gasteiger partial charge is 0.354 e. The van der Waals surface area contributed by atoms with Crippen molar-refractivity contribution < 1.29 is 17.9 Å². The van der Waals surface area contributed by atoms with Crippen LogP contribution in [0.4, 0.5) is 22.0 Å². The van der Waals surface area contributed by atoms with Gasteiger partial charge in [-0.15, -0.1) is 0 Å². The lowest BCUT2D eigenvalue weighted by Gasteiger charge is -2.28. The normalized spacial score (nSPS) is 17.6. The monoisotopic (exact) mass is 569 g/mol. The molecule has 1 aliphatic carbocycles. The second-order valence-electron chi connectivity index (χ2n) is 9.71. The second-order valence-corrected chi connectivity index (χ2v) is 11.9. The molecule has 11 heteroatoms. The number of rotatable bonds is 10. The maximum atomic E-state index is 12.6. The molecule has 0 unspecified atom stereocenters. The van der Waals surface area contributed by atoms with Crippen LogP contribution in [0.3, 0.4) is 0 Å². The summed E-state index contributed by atoms with van der Waals surface area (Å²) in [6, 6.07) is 20.5. The van der Waals surface area contributed by atoms with Crippen LogP contribution in [-0.2, 0) is 10.0 Å². The van der Waals surface area contributed by atoms with Gasteiger partial charge in [-0.2, -0.15) is 4.98 Å². The predicted octanol–water partition coefficient (Wildman–Crippen LogP) is 6.49. The number of nitrogens with one attached hydrogen (secondary N) is 3. The van der Waals surface area contributed by atoms with E-state index in [2.05, 4.69) is 20.3 Å². The Morgan fingerprint density at radius 2 is 1.54 bits per heavy atom. The summed E-state index contributed by atoms with van der Waals surface area (Å²) in [6.45, 7) is 1.11. The highest BCUT2D eigenvalue weighted by Crippen LogP contribution is 2.30. The van der Waals surface area contributed by atoms with Crippen molar-refractivity contribution in [2.75, 3.05) is 23.7 Å². The van der Waals surface area contributed by atoms with Crippen molar-refractivity contribution in [3.63, 3.8) is 0 Å². The zero-order valence-corrected chi connectivity index (χ0v) is 22.7. The van der Waals surface area contributed by atoms with Gasteiger partial charge in [0.15, 0.2) is 5.75 Å². The number of benzene rings is 3. The van der Waals surface area contributed by atoms with E-state index in [0.717, 1.165) is 48.8 Å². The molecule has 0 spiro atoms. The fraction of sp³-hybridized carbons (Fsp3) is 0.286. The molecular formula is C28H29ClFN5O3S. The lowest BCUT2D eigenvalue weighted by atomic mass is 9.82. The smallest absolute Gasteiger partial charge is 0.240 e. The maximum Gasteiger partial charge on any atom is 0.240 e. The number of aromatic nitrogens is 2. The lowest BCUT2D eigenvalue weighted by Crippen LogP contribution is -2.32. The summed E-state index contributed by atoms with van der Waals surface area (Å²) in [5, 5.41) is 8.38. The molecule has 1 saturated carbocycles. The topological polar surface area (TPSA) is 105 Å². The van der Waals surface area contributed by atoms with E-state index in [1.807, 2.05) is 48.5 Å². The van der Waals surface area contributed by atoms with Crippen molar-refractivity contribution in [1.82, 2.24) is 14.7 Å². The summed E-state index contributed by atoms with van der Waals surface area (Å²) < 4.78 is 40.0. The third-order valence-corrected chi connectivity index (χ3v) is 8.70. The van der Waals surface area contributed by atoms with Crippen LogP contribution in [0.25, 0.3) is 10.9 Å². The summed E-state index contributed by atoms with van der Waals surface area (Å²) in [5.74, 6) is 1.94. The molecule has 0 atom stereocenters. The molecule has 0 radical (unpaired) electrons. The summed E-state index contributed by atoms with van der Waals surface area (Å²) in [5.41, 5.74) is 1.73. The summed E-state index contributed by atoms with van der Waals surface area (Å²) in [6.07, 6.45) is 3.80. The highest BCUT2D eigenvalue weighted by Gasteiger charge is 2.24. The zero-order chi connectivity index (χ0) is 27.2. The van der Waals surface area contributed by atoms with Gasteiger partial charge < -0.3 is 10.6 Å². The van der Waals surface area contributed by atoms with Gasteiger partial charge in [0.25, 0.3) is 0 Å². The molecule has 5 rings (SSSR count). The number of hydrogen-bond donors (Lipinski definition) is 3. The highest BCUT2D eigenvalue weighted by molar-refractivity contribution is 7.89. The minimum absolute atomic E-state index is 0.0379. The Hall–Kier alpha value is -3.47. The number of anilines is 3. The molecule has 1 aliphatic rings. The number of hydrogen-bond acceptors (Lipinski definition) is 7. The first kappa shape index (κ1) is 27.1. The molecule has 1 heterocycles. The number of fused-ring (bicyclic) bond motifs is 1.